The fourth-order valence-electron chi connectivity index (χ4n) is 3.80. The summed E-state index contributed by atoms with van der Waals surface area (Å²) in [7, 11) is 1.42. The van der Waals surface area contributed by atoms with Crippen LogP contribution >= 0.6 is 0 Å². The molecule has 8 nitrogen and oxygen atoms in total. The number of hydrogen-bond donors (Lipinski definition) is 1. The van der Waals surface area contributed by atoms with Gasteiger partial charge in [0.15, 0.2) is 29.6 Å². The van der Waals surface area contributed by atoms with Crippen LogP contribution in [0.15, 0.2) is 66.7 Å². The third-order valence-electron chi connectivity index (χ3n) is 5.63. The number of carbonyl (C=O) groups is 2. The van der Waals surface area contributed by atoms with Crippen molar-refractivity contribution in [3.05, 3.63) is 83.4 Å². The molecule has 0 aromatic heterocycles. The molecule has 0 aliphatic carbocycles. The van der Waals surface area contributed by atoms with Gasteiger partial charge < -0.3 is 29.0 Å². The van der Waals surface area contributed by atoms with Crippen molar-refractivity contribution in [1.29, 1.82) is 0 Å². The number of nitrogens with zero attached hydrogens (tertiary/aromatic N) is 1. The monoisotopic (exact) mass is 463 g/mol. The van der Waals surface area contributed by atoms with Crippen LogP contribution in [-0.2, 0) is 11.3 Å². The summed E-state index contributed by atoms with van der Waals surface area (Å²) in [6.45, 7) is 2.04. The van der Waals surface area contributed by atoms with Crippen LogP contribution in [0.25, 0.3) is 0 Å². The maximum absolute atomic E-state index is 13.4. The number of methoxy groups -OCH3 is 1. The first-order valence-electron chi connectivity index (χ1n) is 10.7. The number of hydrogen-bond acceptors (Lipinski definition) is 6. The molecule has 1 aliphatic rings. The molecular weight excluding hydrogens is 438 g/mol. The molecule has 34 heavy (non-hydrogen) atoms. The van der Waals surface area contributed by atoms with Crippen LogP contribution in [0, 0.1) is 0 Å². The summed E-state index contributed by atoms with van der Waals surface area (Å²) in [6.07, 6.45) is 0. The SMILES string of the molecule is COc1cccc(C(=O)O)c1OCC(=O)N(Cc1ccc2c(c1)OCO2)[C@@H](C)c1ccccc1. The summed E-state index contributed by atoms with van der Waals surface area (Å²) in [5, 5.41) is 9.52. The lowest BCUT2D eigenvalue weighted by atomic mass is 10.1. The van der Waals surface area contributed by atoms with Gasteiger partial charge in [-0.1, -0.05) is 42.5 Å². The number of aromatic carboxylic acids is 1. The molecule has 0 spiro atoms. The number of ether oxygens (including phenoxy) is 4. The highest BCUT2D eigenvalue weighted by atomic mass is 16.7. The van der Waals surface area contributed by atoms with Crippen molar-refractivity contribution in [3.8, 4) is 23.0 Å². The number of para-hydroxylation sites is 1. The van der Waals surface area contributed by atoms with Gasteiger partial charge >= 0.3 is 5.97 Å². The summed E-state index contributed by atoms with van der Waals surface area (Å²) in [6, 6.07) is 19.5. The fourth-order valence-corrected chi connectivity index (χ4v) is 3.80. The van der Waals surface area contributed by atoms with Gasteiger partial charge in [-0.2, -0.15) is 0 Å². The van der Waals surface area contributed by atoms with Gasteiger partial charge in [0, 0.05) is 6.54 Å². The molecule has 176 valence electrons. The van der Waals surface area contributed by atoms with Crippen LogP contribution < -0.4 is 18.9 Å². The summed E-state index contributed by atoms with van der Waals surface area (Å²) in [5.41, 5.74) is 1.74. The van der Waals surface area contributed by atoms with Gasteiger partial charge in [0.05, 0.1) is 13.2 Å². The largest absolute Gasteiger partial charge is 0.493 e. The topological polar surface area (TPSA) is 94.5 Å². The average molecular weight is 463 g/mol. The van der Waals surface area contributed by atoms with E-state index in [-0.39, 0.29) is 42.4 Å². The van der Waals surface area contributed by atoms with E-state index in [1.165, 1.54) is 13.2 Å². The lowest BCUT2D eigenvalue weighted by molar-refractivity contribution is -0.136. The zero-order valence-electron chi connectivity index (χ0n) is 18.9. The predicted octanol–water partition coefficient (Wildman–Crippen LogP) is 4.29. The van der Waals surface area contributed by atoms with E-state index in [1.54, 1.807) is 17.0 Å². The molecule has 0 unspecified atom stereocenters. The second kappa shape index (κ2) is 10.2. The molecule has 1 aliphatic heterocycles. The minimum Gasteiger partial charge on any atom is -0.493 e. The molecule has 8 heteroatoms. The molecule has 1 amide bonds. The van der Waals surface area contributed by atoms with E-state index in [0.717, 1.165) is 11.1 Å². The van der Waals surface area contributed by atoms with Crippen LogP contribution in [0.2, 0.25) is 0 Å². The molecule has 1 atom stereocenters. The molecule has 1 N–H and O–H groups in total. The van der Waals surface area contributed by atoms with Crippen molar-refractivity contribution in [2.45, 2.75) is 19.5 Å². The second-order valence-electron chi connectivity index (χ2n) is 7.73. The first-order valence-corrected chi connectivity index (χ1v) is 10.7. The van der Waals surface area contributed by atoms with Crippen molar-refractivity contribution in [1.82, 2.24) is 4.90 Å². The third-order valence-corrected chi connectivity index (χ3v) is 5.63. The van der Waals surface area contributed by atoms with Crippen molar-refractivity contribution >= 4 is 11.9 Å². The van der Waals surface area contributed by atoms with Gasteiger partial charge in [0.2, 0.25) is 6.79 Å². The number of carbonyl (C=O) groups excluding carboxylic acids is 1. The van der Waals surface area contributed by atoms with Gasteiger partial charge in [-0.25, -0.2) is 4.79 Å². The van der Waals surface area contributed by atoms with E-state index in [9.17, 15) is 14.7 Å². The Morgan fingerprint density at radius 3 is 2.53 bits per heavy atom. The van der Waals surface area contributed by atoms with Gasteiger partial charge in [0.1, 0.15) is 5.56 Å². The van der Waals surface area contributed by atoms with Crippen molar-refractivity contribution in [2.75, 3.05) is 20.5 Å². The quantitative estimate of drug-likeness (QED) is 0.506. The fraction of sp³-hybridized carbons (Fsp3) is 0.231. The summed E-state index contributed by atoms with van der Waals surface area (Å²) < 4.78 is 21.8. The zero-order chi connectivity index (χ0) is 24.1. The number of carboxylic acids is 1. The highest BCUT2D eigenvalue weighted by Gasteiger charge is 2.25. The number of rotatable bonds is 9. The van der Waals surface area contributed by atoms with Crippen molar-refractivity contribution in [3.63, 3.8) is 0 Å². The molecular formula is C26H25NO7. The van der Waals surface area contributed by atoms with E-state index in [4.69, 9.17) is 18.9 Å². The zero-order valence-corrected chi connectivity index (χ0v) is 18.9. The average Bonchev–Trinajstić information content (AvgIpc) is 3.33. The second-order valence-corrected chi connectivity index (χ2v) is 7.73. The van der Waals surface area contributed by atoms with Crippen LogP contribution in [0.4, 0.5) is 0 Å². The van der Waals surface area contributed by atoms with E-state index >= 15 is 0 Å². The molecule has 0 bridgehead atoms. The highest BCUT2D eigenvalue weighted by molar-refractivity contribution is 5.92. The van der Waals surface area contributed by atoms with Crippen molar-refractivity contribution in [2.24, 2.45) is 0 Å². The Balaban J connectivity index is 1.59. The predicted molar refractivity (Wildman–Crippen MR) is 123 cm³/mol. The molecule has 0 saturated carbocycles. The van der Waals surface area contributed by atoms with Gasteiger partial charge in [0.25, 0.3) is 5.91 Å². The van der Waals surface area contributed by atoms with Crippen LogP contribution in [0.5, 0.6) is 23.0 Å². The van der Waals surface area contributed by atoms with E-state index < -0.39 is 5.97 Å². The number of carboxylic acid groups (broad SMARTS) is 1. The molecule has 3 aromatic rings. The molecule has 0 radical (unpaired) electrons. The smallest absolute Gasteiger partial charge is 0.339 e. The molecule has 3 aromatic carbocycles. The van der Waals surface area contributed by atoms with Gasteiger partial charge in [-0.15, -0.1) is 0 Å². The minimum absolute atomic E-state index is 0.0150. The third kappa shape index (κ3) is 4.91. The number of amides is 1. The Morgan fingerprint density at radius 2 is 1.79 bits per heavy atom. The summed E-state index contributed by atoms with van der Waals surface area (Å²) in [5.74, 6) is 0.0759. The van der Waals surface area contributed by atoms with Crippen LogP contribution in [0.3, 0.4) is 0 Å². The normalized spacial score (nSPS) is 12.6. The summed E-state index contributed by atoms with van der Waals surface area (Å²) >= 11 is 0. The lowest BCUT2D eigenvalue weighted by Gasteiger charge is -2.30. The lowest BCUT2D eigenvalue weighted by Crippen LogP contribution is -2.36. The Bertz CT molecular complexity index is 1180. The Hall–Kier alpha value is -4.20. The summed E-state index contributed by atoms with van der Waals surface area (Å²) in [4.78, 5) is 26.7. The standard InChI is InChI=1S/C26H25NO7/c1-17(19-7-4-3-5-8-19)27(14-18-11-12-21-23(13-18)34-16-33-21)24(28)15-32-25-20(26(29)30)9-6-10-22(25)31-2/h3-13,17H,14-16H2,1-2H3,(H,29,30)/t17-/m0/s1. The first-order chi connectivity index (χ1) is 16.5. The van der Waals surface area contributed by atoms with Crippen LogP contribution in [0.1, 0.15) is 34.5 Å². The van der Waals surface area contributed by atoms with E-state index in [0.29, 0.717) is 18.0 Å². The Morgan fingerprint density at radius 1 is 1.03 bits per heavy atom. The van der Waals surface area contributed by atoms with Gasteiger partial charge in [-0.3, -0.25) is 4.79 Å². The Labute approximate surface area is 197 Å². The highest BCUT2D eigenvalue weighted by Crippen LogP contribution is 2.34. The van der Waals surface area contributed by atoms with Crippen molar-refractivity contribution < 1.29 is 33.6 Å². The molecule has 4 rings (SSSR count). The van der Waals surface area contributed by atoms with Gasteiger partial charge in [-0.05, 0) is 42.3 Å². The van der Waals surface area contributed by atoms with E-state index in [1.807, 2.05) is 55.5 Å². The molecule has 0 fully saturated rings. The molecule has 0 saturated heterocycles. The first kappa shape index (κ1) is 23.0. The maximum Gasteiger partial charge on any atom is 0.339 e. The minimum atomic E-state index is -1.17. The Kier molecular flexibility index (Phi) is 6.87. The number of benzene rings is 3. The maximum atomic E-state index is 13.4. The van der Waals surface area contributed by atoms with Crippen LogP contribution in [-0.4, -0.2) is 42.4 Å². The molecule has 1 heterocycles. The number of fused-ring (bicyclic) bond motifs is 1. The van der Waals surface area contributed by atoms with E-state index in [2.05, 4.69) is 0 Å².